The molecule has 8 heteroatoms. The normalized spacial score (nSPS) is 14.5. The quantitative estimate of drug-likeness (QED) is 0.333. The fourth-order valence-electron chi connectivity index (χ4n) is 4.95. The number of amides is 2. The number of aromatic nitrogens is 2. The van der Waals surface area contributed by atoms with Crippen LogP contribution in [0.2, 0.25) is 0 Å². The Balaban J connectivity index is 1.60. The minimum Gasteiger partial charge on any atom is -0.444 e. The zero-order valence-corrected chi connectivity index (χ0v) is 21.7. The van der Waals surface area contributed by atoms with Crippen LogP contribution in [0.5, 0.6) is 0 Å². The highest BCUT2D eigenvalue weighted by molar-refractivity contribution is 6.01. The summed E-state index contributed by atoms with van der Waals surface area (Å²) in [5, 5.41) is 3.09. The van der Waals surface area contributed by atoms with E-state index in [0.29, 0.717) is 23.2 Å². The highest BCUT2D eigenvalue weighted by atomic mass is 16.6. The minimum atomic E-state index is -0.662. The van der Waals surface area contributed by atoms with E-state index in [2.05, 4.69) is 5.32 Å². The lowest BCUT2D eigenvalue weighted by Crippen LogP contribution is -2.52. The summed E-state index contributed by atoms with van der Waals surface area (Å²) in [7, 11) is 0. The van der Waals surface area contributed by atoms with Gasteiger partial charge in [-0.3, -0.25) is 14.0 Å². The number of pyridine rings is 1. The average Bonchev–Trinajstić information content (AvgIpc) is 3.24. The zero-order chi connectivity index (χ0) is 27.1. The van der Waals surface area contributed by atoms with Gasteiger partial charge in [-0.25, -0.2) is 9.78 Å². The highest BCUT2D eigenvalue weighted by Gasteiger charge is 2.41. The van der Waals surface area contributed by atoms with Crippen LogP contribution in [-0.4, -0.2) is 33.3 Å². The number of primary amides is 1. The lowest BCUT2D eigenvalue weighted by Gasteiger charge is -2.43. The summed E-state index contributed by atoms with van der Waals surface area (Å²) in [6, 6.07) is 19.0. The van der Waals surface area contributed by atoms with Gasteiger partial charge in [0.05, 0.1) is 22.5 Å². The maximum Gasteiger partial charge on any atom is 0.408 e. The lowest BCUT2D eigenvalue weighted by molar-refractivity contribution is 0.0377. The van der Waals surface area contributed by atoms with Crippen molar-refractivity contribution in [3.63, 3.8) is 0 Å². The highest BCUT2D eigenvalue weighted by Crippen LogP contribution is 2.42. The predicted octanol–water partition coefficient (Wildman–Crippen LogP) is 5.48. The largest absolute Gasteiger partial charge is 0.444 e. The minimum absolute atomic E-state index is 0.171. The van der Waals surface area contributed by atoms with Gasteiger partial charge in [-0.05, 0) is 51.7 Å². The van der Waals surface area contributed by atoms with E-state index in [-0.39, 0.29) is 5.56 Å². The second-order valence-corrected chi connectivity index (χ2v) is 10.7. The van der Waals surface area contributed by atoms with Crippen molar-refractivity contribution in [2.24, 2.45) is 5.73 Å². The van der Waals surface area contributed by atoms with Gasteiger partial charge in [-0.15, -0.1) is 0 Å². The van der Waals surface area contributed by atoms with Gasteiger partial charge < -0.3 is 15.8 Å². The Morgan fingerprint density at radius 3 is 2.29 bits per heavy atom. The number of imidazole rings is 1. The number of benzene rings is 2. The van der Waals surface area contributed by atoms with Crippen LogP contribution in [-0.2, 0) is 10.3 Å². The van der Waals surface area contributed by atoms with Gasteiger partial charge in [-0.2, -0.15) is 0 Å². The summed E-state index contributed by atoms with van der Waals surface area (Å²) in [6.07, 6.45) is 4.58. The number of rotatable bonds is 6. The van der Waals surface area contributed by atoms with Crippen molar-refractivity contribution in [1.29, 1.82) is 0 Å². The molecule has 5 rings (SSSR count). The van der Waals surface area contributed by atoms with E-state index in [1.807, 2.05) is 75.4 Å². The smallest absolute Gasteiger partial charge is 0.408 e. The molecule has 194 valence electrons. The predicted molar refractivity (Wildman–Crippen MR) is 145 cm³/mol. The second-order valence-electron chi connectivity index (χ2n) is 10.7. The molecule has 0 spiro atoms. The van der Waals surface area contributed by atoms with Gasteiger partial charge in [0, 0.05) is 22.9 Å². The lowest BCUT2D eigenvalue weighted by atomic mass is 9.71. The van der Waals surface area contributed by atoms with Gasteiger partial charge in [-0.1, -0.05) is 54.6 Å². The van der Waals surface area contributed by atoms with Crippen molar-refractivity contribution in [2.75, 3.05) is 0 Å². The molecular weight excluding hydrogens is 480 g/mol. The molecular formula is C30H30N4O4. The summed E-state index contributed by atoms with van der Waals surface area (Å²) in [5.74, 6) is -0.662. The molecule has 4 aromatic rings. The van der Waals surface area contributed by atoms with Crippen molar-refractivity contribution in [3.8, 4) is 22.5 Å². The molecule has 1 saturated carbocycles. The van der Waals surface area contributed by atoms with Gasteiger partial charge in [0.25, 0.3) is 5.91 Å². The first-order valence-electron chi connectivity index (χ1n) is 12.6. The molecule has 0 saturated heterocycles. The summed E-state index contributed by atoms with van der Waals surface area (Å²) in [6.45, 7) is 5.53. The van der Waals surface area contributed by atoms with E-state index in [1.165, 1.54) is 6.07 Å². The van der Waals surface area contributed by atoms with Crippen LogP contribution < -0.4 is 11.1 Å². The third kappa shape index (κ3) is 4.65. The van der Waals surface area contributed by atoms with Crippen LogP contribution in [0, 0.1) is 0 Å². The number of ether oxygens (including phenoxy) is 1. The van der Waals surface area contributed by atoms with Crippen molar-refractivity contribution in [1.82, 2.24) is 14.7 Å². The number of carbonyl (C=O) groups excluding carboxylic acids is 3. The number of carbonyl (C=O) groups is 3. The molecule has 0 radical (unpaired) electrons. The first kappa shape index (κ1) is 25.2. The second kappa shape index (κ2) is 9.45. The Hall–Kier alpha value is -4.46. The molecule has 2 heterocycles. The van der Waals surface area contributed by atoms with Gasteiger partial charge >= 0.3 is 6.09 Å². The maximum atomic E-state index is 12.6. The molecule has 1 fully saturated rings. The van der Waals surface area contributed by atoms with Crippen molar-refractivity contribution in [2.45, 2.75) is 51.2 Å². The number of hydrogen-bond acceptors (Lipinski definition) is 5. The average molecular weight is 511 g/mol. The Bertz CT molecular complexity index is 1530. The monoisotopic (exact) mass is 510 g/mol. The zero-order valence-electron chi connectivity index (χ0n) is 21.7. The number of aldehydes is 1. The Morgan fingerprint density at radius 2 is 1.74 bits per heavy atom. The van der Waals surface area contributed by atoms with E-state index in [0.717, 1.165) is 41.6 Å². The van der Waals surface area contributed by atoms with Crippen molar-refractivity contribution < 1.29 is 19.1 Å². The maximum absolute atomic E-state index is 12.6. The third-order valence-corrected chi connectivity index (χ3v) is 6.85. The number of alkyl carbamates (subject to hydrolysis) is 1. The fourth-order valence-corrected chi connectivity index (χ4v) is 4.95. The van der Waals surface area contributed by atoms with Crippen molar-refractivity contribution in [3.05, 3.63) is 83.6 Å². The first-order chi connectivity index (χ1) is 18.1. The molecule has 0 atom stereocenters. The van der Waals surface area contributed by atoms with Gasteiger partial charge in [0.1, 0.15) is 5.60 Å². The molecule has 1 aliphatic carbocycles. The van der Waals surface area contributed by atoms with E-state index in [1.54, 1.807) is 10.6 Å². The number of fused-ring (bicyclic) bond motifs is 1. The molecule has 2 aromatic carbocycles. The Labute approximate surface area is 220 Å². The molecule has 0 aliphatic heterocycles. The molecule has 0 bridgehead atoms. The third-order valence-electron chi connectivity index (χ3n) is 6.85. The topological polar surface area (TPSA) is 116 Å². The molecule has 1 aliphatic rings. The summed E-state index contributed by atoms with van der Waals surface area (Å²) in [4.78, 5) is 41.3. The summed E-state index contributed by atoms with van der Waals surface area (Å²) < 4.78 is 7.26. The number of nitrogens with two attached hydrogens (primary N) is 1. The van der Waals surface area contributed by atoms with Crippen LogP contribution in [0.25, 0.3) is 28.2 Å². The van der Waals surface area contributed by atoms with E-state index < -0.39 is 23.1 Å². The van der Waals surface area contributed by atoms with Crippen LogP contribution in [0.15, 0.2) is 66.9 Å². The molecule has 38 heavy (non-hydrogen) atoms. The standard InChI is InChI=1S/C30H30N4O4/c1-29(2,3)38-28(37)33-30(14-7-15-30)22-12-10-20(11-13-22)24-25(21-8-5-4-6-9-21)34-17-19(18-35)16-23(26(31)36)27(34)32-24/h4-6,8-13,16-18H,7,14-15H2,1-3H3,(H2,31,36)(H,33,37). The van der Waals surface area contributed by atoms with Crippen LogP contribution in [0.4, 0.5) is 4.79 Å². The molecule has 8 nitrogen and oxygen atoms in total. The van der Waals surface area contributed by atoms with E-state index >= 15 is 0 Å². The van der Waals surface area contributed by atoms with E-state index in [4.69, 9.17) is 15.5 Å². The summed E-state index contributed by atoms with van der Waals surface area (Å²) >= 11 is 0. The molecule has 0 unspecified atom stereocenters. The molecule has 2 aromatic heterocycles. The first-order valence-corrected chi connectivity index (χ1v) is 12.6. The molecule has 2 amide bonds. The van der Waals surface area contributed by atoms with E-state index in [9.17, 15) is 14.4 Å². The van der Waals surface area contributed by atoms with Crippen molar-refractivity contribution >= 4 is 23.9 Å². The fraction of sp³-hybridized carbons (Fsp3) is 0.267. The SMILES string of the molecule is CC(C)(C)OC(=O)NC1(c2ccc(-c3nc4c(C(N)=O)cc(C=O)cn4c3-c3ccccc3)cc2)CCC1. The van der Waals surface area contributed by atoms with Crippen LogP contribution >= 0.6 is 0 Å². The number of nitrogens with zero attached hydrogens (tertiary/aromatic N) is 2. The Kier molecular flexibility index (Phi) is 6.26. The van der Waals surface area contributed by atoms with Gasteiger partial charge in [0.15, 0.2) is 11.9 Å². The van der Waals surface area contributed by atoms with Crippen LogP contribution in [0.1, 0.15) is 66.3 Å². The number of nitrogens with one attached hydrogen (secondary N) is 1. The number of hydrogen-bond donors (Lipinski definition) is 2. The summed E-state index contributed by atoms with van der Waals surface area (Å²) in [5.41, 5.74) is 9.55. The Morgan fingerprint density at radius 1 is 1.05 bits per heavy atom. The van der Waals surface area contributed by atoms with Crippen LogP contribution in [0.3, 0.4) is 0 Å². The van der Waals surface area contributed by atoms with Gasteiger partial charge in [0.2, 0.25) is 0 Å². The molecule has 3 N–H and O–H groups in total.